The molecule has 0 aliphatic carbocycles. The number of ether oxygens (including phenoxy) is 1. The van der Waals surface area contributed by atoms with Crippen molar-refractivity contribution in [1.82, 2.24) is 4.57 Å². The zero-order chi connectivity index (χ0) is 12.5. The van der Waals surface area contributed by atoms with Crippen LogP contribution in [0.5, 0.6) is 5.75 Å². The van der Waals surface area contributed by atoms with Gasteiger partial charge in [-0.15, -0.1) is 0 Å². The number of carboxylic acids is 1. The van der Waals surface area contributed by atoms with Crippen molar-refractivity contribution in [3.63, 3.8) is 0 Å². The number of rotatable bonds is 3. The lowest BCUT2D eigenvalue weighted by molar-refractivity contribution is 0.0697. The molecule has 4 heteroatoms. The fourth-order valence-corrected chi connectivity index (χ4v) is 2.32. The predicted octanol–water partition coefficient (Wildman–Crippen LogP) is 2.36. The minimum Gasteiger partial charge on any atom is -0.493 e. The van der Waals surface area contributed by atoms with Gasteiger partial charge in [0, 0.05) is 30.4 Å². The van der Waals surface area contributed by atoms with Gasteiger partial charge in [-0.05, 0) is 12.1 Å². The van der Waals surface area contributed by atoms with E-state index in [9.17, 15) is 4.79 Å². The first-order chi connectivity index (χ1) is 8.74. The molecule has 2 aromatic rings. The SMILES string of the molecule is O=C(O)c1ccn(CC2COc3ccccc32)c1. The van der Waals surface area contributed by atoms with Crippen LogP contribution in [-0.4, -0.2) is 22.2 Å². The van der Waals surface area contributed by atoms with Gasteiger partial charge in [-0.1, -0.05) is 18.2 Å². The van der Waals surface area contributed by atoms with Crippen LogP contribution in [0.3, 0.4) is 0 Å². The first kappa shape index (κ1) is 10.9. The summed E-state index contributed by atoms with van der Waals surface area (Å²) in [6.45, 7) is 1.39. The van der Waals surface area contributed by atoms with Gasteiger partial charge in [-0.2, -0.15) is 0 Å². The highest BCUT2D eigenvalue weighted by Crippen LogP contribution is 2.34. The van der Waals surface area contributed by atoms with Crippen LogP contribution in [0.1, 0.15) is 21.8 Å². The van der Waals surface area contributed by atoms with Crippen LogP contribution in [0.15, 0.2) is 42.7 Å². The molecular weight excluding hydrogens is 230 g/mol. The third kappa shape index (κ3) is 1.86. The molecule has 0 saturated carbocycles. The molecule has 2 heterocycles. The molecule has 1 aromatic heterocycles. The quantitative estimate of drug-likeness (QED) is 0.900. The van der Waals surface area contributed by atoms with E-state index in [2.05, 4.69) is 6.07 Å². The number of aromatic carboxylic acids is 1. The number of carbonyl (C=O) groups is 1. The van der Waals surface area contributed by atoms with Gasteiger partial charge in [0.25, 0.3) is 0 Å². The average Bonchev–Trinajstić information content (AvgIpc) is 2.98. The Morgan fingerprint density at radius 3 is 3.00 bits per heavy atom. The van der Waals surface area contributed by atoms with Crippen molar-refractivity contribution in [2.75, 3.05) is 6.61 Å². The zero-order valence-corrected chi connectivity index (χ0v) is 9.74. The summed E-state index contributed by atoms with van der Waals surface area (Å²) in [5, 5.41) is 8.88. The normalized spacial score (nSPS) is 17.2. The molecule has 0 bridgehead atoms. The van der Waals surface area contributed by atoms with Crippen LogP contribution in [0.4, 0.5) is 0 Å². The van der Waals surface area contributed by atoms with Crippen molar-refractivity contribution in [1.29, 1.82) is 0 Å². The van der Waals surface area contributed by atoms with Crippen LogP contribution in [0, 0.1) is 0 Å². The molecule has 1 aliphatic rings. The number of fused-ring (bicyclic) bond motifs is 1. The second kappa shape index (κ2) is 4.22. The fraction of sp³-hybridized carbons (Fsp3) is 0.214. The maximum atomic E-state index is 10.8. The highest BCUT2D eigenvalue weighted by Gasteiger charge is 2.23. The third-order valence-corrected chi connectivity index (χ3v) is 3.23. The van der Waals surface area contributed by atoms with Crippen LogP contribution >= 0.6 is 0 Å². The summed E-state index contributed by atoms with van der Waals surface area (Å²) in [4.78, 5) is 10.8. The Labute approximate surface area is 104 Å². The molecule has 1 atom stereocenters. The number of nitrogens with zero attached hydrogens (tertiary/aromatic N) is 1. The summed E-state index contributed by atoms with van der Waals surface area (Å²) in [6.07, 6.45) is 3.45. The van der Waals surface area contributed by atoms with Crippen molar-refractivity contribution < 1.29 is 14.6 Å². The molecule has 0 fully saturated rings. The molecule has 1 aromatic carbocycles. The largest absolute Gasteiger partial charge is 0.493 e. The van der Waals surface area contributed by atoms with Gasteiger partial charge in [0.15, 0.2) is 0 Å². The van der Waals surface area contributed by atoms with Crippen molar-refractivity contribution >= 4 is 5.97 Å². The highest BCUT2D eigenvalue weighted by molar-refractivity contribution is 5.87. The van der Waals surface area contributed by atoms with Crippen LogP contribution in [0.2, 0.25) is 0 Å². The summed E-state index contributed by atoms with van der Waals surface area (Å²) >= 11 is 0. The monoisotopic (exact) mass is 243 g/mol. The van der Waals surface area contributed by atoms with E-state index in [-0.39, 0.29) is 5.92 Å². The lowest BCUT2D eigenvalue weighted by atomic mass is 10.0. The standard InChI is InChI=1S/C14H13NO3/c16-14(17)10-5-6-15(7-10)8-11-9-18-13-4-2-1-3-12(11)13/h1-7,11H,8-9H2,(H,16,17). The Morgan fingerprint density at radius 2 is 2.22 bits per heavy atom. The third-order valence-electron chi connectivity index (χ3n) is 3.23. The molecular formula is C14H13NO3. The molecule has 92 valence electrons. The zero-order valence-electron chi connectivity index (χ0n) is 9.74. The second-order valence-electron chi connectivity index (χ2n) is 4.45. The molecule has 0 amide bonds. The van der Waals surface area contributed by atoms with E-state index in [1.165, 1.54) is 5.56 Å². The Morgan fingerprint density at radius 1 is 1.39 bits per heavy atom. The van der Waals surface area contributed by atoms with Gasteiger partial charge in [-0.25, -0.2) is 4.79 Å². The minimum atomic E-state index is -0.892. The predicted molar refractivity (Wildman–Crippen MR) is 66.1 cm³/mol. The Hall–Kier alpha value is -2.23. The van der Waals surface area contributed by atoms with Gasteiger partial charge in [0.05, 0.1) is 12.2 Å². The summed E-state index contributed by atoms with van der Waals surface area (Å²) < 4.78 is 7.51. The van der Waals surface area contributed by atoms with Gasteiger partial charge < -0.3 is 14.4 Å². The lowest BCUT2D eigenvalue weighted by Crippen LogP contribution is -2.09. The molecule has 1 unspecified atom stereocenters. The van der Waals surface area contributed by atoms with Gasteiger partial charge in [0.2, 0.25) is 0 Å². The first-order valence-corrected chi connectivity index (χ1v) is 5.85. The Kier molecular flexibility index (Phi) is 2.55. The van der Waals surface area contributed by atoms with E-state index in [0.717, 1.165) is 12.3 Å². The topological polar surface area (TPSA) is 51.5 Å². The average molecular weight is 243 g/mol. The van der Waals surface area contributed by atoms with E-state index < -0.39 is 5.97 Å². The molecule has 0 radical (unpaired) electrons. The summed E-state index contributed by atoms with van der Waals surface area (Å²) in [5.74, 6) is 0.334. The smallest absolute Gasteiger partial charge is 0.337 e. The minimum absolute atomic E-state index is 0.287. The number of hydrogen-bond acceptors (Lipinski definition) is 2. The van der Waals surface area contributed by atoms with Crippen LogP contribution < -0.4 is 4.74 Å². The maximum Gasteiger partial charge on any atom is 0.337 e. The molecule has 4 nitrogen and oxygen atoms in total. The molecule has 1 N–H and O–H groups in total. The van der Waals surface area contributed by atoms with Crippen molar-refractivity contribution in [3.8, 4) is 5.75 Å². The van der Waals surface area contributed by atoms with E-state index in [1.807, 2.05) is 22.8 Å². The number of aromatic nitrogens is 1. The van der Waals surface area contributed by atoms with Gasteiger partial charge in [0.1, 0.15) is 5.75 Å². The number of benzene rings is 1. The maximum absolute atomic E-state index is 10.8. The summed E-state index contributed by atoms with van der Waals surface area (Å²) in [5.41, 5.74) is 1.52. The Balaban J connectivity index is 1.80. The van der Waals surface area contributed by atoms with Gasteiger partial charge >= 0.3 is 5.97 Å². The Bertz CT molecular complexity index is 588. The molecule has 18 heavy (non-hydrogen) atoms. The van der Waals surface area contributed by atoms with Crippen molar-refractivity contribution in [2.24, 2.45) is 0 Å². The number of hydrogen-bond donors (Lipinski definition) is 1. The van der Waals surface area contributed by atoms with Crippen molar-refractivity contribution in [3.05, 3.63) is 53.9 Å². The molecule has 1 aliphatic heterocycles. The van der Waals surface area contributed by atoms with Crippen molar-refractivity contribution in [2.45, 2.75) is 12.5 Å². The summed E-state index contributed by atoms with van der Waals surface area (Å²) in [6, 6.07) is 9.60. The second-order valence-corrected chi connectivity index (χ2v) is 4.45. The molecule has 0 spiro atoms. The number of carboxylic acid groups (broad SMARTS) is 1. The van der Waals surface area contributed by atoms with E-state index in [4.69, 9.17) is 9.84 Å². The van der Waals surface area contributed by atoms with E-state index in [0.29, 0.717) is 12.2 Å². The first-order valence-electron chi connectivity index (χ1n) is 5.85. The number of para-hydroxylation sites is 1. The molecule has 0 saturated heterocycles. The van der Waals surface area contributed by atoms with Crippen LogP contribution in [-0.2, 0) is 6.54 Å². The summed E-state index contributed by atoms with van der Waals surface area (Å²) in [7, 11) is 0. The van der Waals surface area contributed by atoms with Crippen LogP contribution in [0.25, 0.3) is 0 Å². The fourth-order valence-electron chi connectivity index (χ4n) is 2.32. The van der Waals surface area contributed by atoms with E-state index in [1.54, 1.807) is 18.5 Å². The van der Waals surface area contributed by atoms with Gasteiger partial charge in [-0.3, -0.25) is 0 Å². The van der Waals surface area contributed by atoms with E-state index >= 15 is 0 Å². The lowest BCUT2D eigenvalue weighted by Gasteiger charge is -2.09. The molecule has 3 rings (SSSR count). The highest BCUT2D eigenvalue weighted by atomic mass is 16.5.